The molecule has 0 saturated carbocycles. The Morgan fingerprint density at radius 1 is 1.56 bits per heavy atom. The number of carboxylic acids is 1. The first kappa shape index (κ1) is 14.5. The number of aliphatic hydroxyl groups is 1. The molecule has 0 aromatic carbocycles. The maximum absolute atomic E-state index is 11.7. The number of carbonyl (C=O) groups excluding carboxylic acids is 1. The van der Waals surface area contributed by atoms with Gasteiger partial charge in [-0.1, -0.05) is 0 Å². The summed E-state index contributed by atoms with van der Waals surface area (Å²) < 4.78 is 0. The first-order valence-electron chi connectivity index (χ1n) is 5.41. The van der Waals surface area contributed by atoms with E-state index >= 15 is 0 Å². The van der Waals surface area contributed by atoms with E-state index in [2.05, 4.69) is 5.32 Å². The van der Waals surface area contributed by atoms with Gasteiger partial charge in [0.05, 0.1) is 0 Å². The van der Waals surface area contributed by atoms with E-state index in [1.54, 1.807) is 7.05 Å². The Bertz CT molecular complexity index is 394. The lowest BCUT2D eigenvalue weighted by atomic mass is 10.2. The zero-order valence-electron chi connectivity index (χ0n) is 10.00. The number of hydrogen-bond donors (Lipinski definition) is 3. The number of carboxylic acid groups (broad SMARTS) is 1. The van der Waals surface area contributed by atoms with Gasteiger partial charge in [0.25, 0.3) is 0 Å². The van der Waals surface area contributed by atoms with Crippen LogP contribution in [-0.4, -0.2) is 46.8 Å². The summed E-state index contributed by atoms with van der Waals surface area (Å²) in [6.45, 7) is 0.131. The summed E-state index contributed by atoms with van der Waals surface area (Å²) in [5, 5.41) is 23.8. The van der Waals surface area contributed by atoms with Gasteiger partial charge < -0.3 is 20.4 Å². The largest absolute Gasteiger partial charge is 0.480 e. The number of hydrogen-bond acceptors (Lipinski definition) is 4. The van der Waals surface area contributed by atoms with Crippen LogP contribution in [0.4, 0.5) is 4.79 Å². The molecular formula is C11H16N2O4S. The standard InChI is InChI=1S/C11H16N2O4S/c1-13(6-8-3-5-18-7-8)11(17)12-9(2-4-14)10(15)16/h3,5,7,9,14H,2,4,6H2,1H3,(H,12,17)(H,15,16)/t9-/m1/s1. The Hall–Kier alpha value is -1.60. The van der Waals surface area contributed by atoms with Crippen molar-refractivity contribution in [2.45, 2.75) is 19.0 Å². The van der Waals surface area contributed by atoms with Crippen LogP contribution in [-0.2, 0) is 11.3 Å². The molecule has 1 atom stereocenters. The quantitative estimate of drug-likeness (QED) is 0.712. The van der Waals surface area contributed by atoms with Crippen molar-refractivity contribution in [3.63, 3.8) is 0 Å². The number of nitrogens with one attached hydrogen (secondary N) is 1. The monoisotopic (exact) mass is 272 g/mol. The van der Waals surface area contributed by atoms with Gasteiger partial charge in [0.15, 0.2) is 0 Å². The highest BCUT2D eigenvalue weighted by atomic mass is 32.1. The van der Waals surface area contributed by atoms with E-state index in [4.69, 9.17) is 10.2 Å². The molecule has 0 saturated heterocycles. The van der Waals surface area contributed by atoms with E-state index in [-0.39, 0.29) is 13.0 Å². The van der Waals surface area contributed by atoms with Crippen molar-refractivity contribution in [1.29, 1.82) is 0 Å². The Balaban J connectivity index is 2.50. The molecule has 1 heterocycles. The second kappa shape index (κ2) is 6.97. The Morgan fingerprint density at radius 3 is 2.78 bits per heavy atom. The third-order valence-electron chi connectivity index (χ3n) is 2.36. The molecule has 3 N–H and O–H groups in total. The molecule has 0 aliphatic carbocycles. The van der Waals surface area contributed by atoms with Crippen LogP contribution in [0.15, 0.2) is 16.8 Å². The molecule has 0 spiro atoms. The second-order valence-electron chi connectivity index (χ2n) is 3.84. The van der Waals surface area contributed by atoms with Gasteiger partial charge in [-0.15, -0.1) is 0 Å². The van der Waals surface area contributed by atoms with Crippen LogP contribution < -0.4 is 5.32 Å². The molecule has 0 radical (unpaired) electrons. The lowest BCUT2D eigenvalue weighted by Crippen LogP contribution is -2.46. The lowest BCUT2D eigenvalue weighted by molar-refractivity contribution is -0.139. The fourth-order valence-corrected chi connectivity index (χ4v) is 2.03. The molecule has 7 heteroatoms. The van der Waals surface area contributed by atoms with Crippen molar-refractivity contribution in [3.8, 4) is 0 Å². The van der Waals surface area contributed by atoms with E-state index in [9.17, 15) is 9.59 Å². The average molecular weight is 272 g/mol. The molecule has 2 amide bonds. The molecule has 18 heavy (non-hydrogen) atoms. The smallest absolute Gasteiger partial charge is 0.326 e. The Morgan fingerprint density at radius 2 is 2.28 bits per heavy atom. The lowest BCUT2D eigenvalue weighted by Gasteiger charge is -2.20. The minimum Gasteiger partial charge on any atom is -0.480 e. The molecule has 0 aliphatic heterocycles. The van der Waals surface area contributed by atoms with Gasteiger partial charge in [-0.2, -0.15) is 11.3 Å². The molecule has 1 aromatic heterocycles. The third kappa shape index (κ3) is 4.34. The fourth-order valence-electron chi connectivity index (χ4n) is 1.37. The van der Waals surface area contributed by atoms with Gasteiger partial charge in [0, 0.05) is 26.6 Å². The first-order valence-corrected chi connectivity index (χ1v) is 6.35. The SMILES string of the molecule is CN(Cc1ccsc1)C(=O)N[C@H](CCO)C(=O)O. The van der Waals surface area contributed by atoms with Gasteiger partial charge in [-0.3, -0.25) is 0 Å². The fraction of sp³-hybridized carbons (Fsp3) is 0.455. The van der Waals surface area contributed by atoms with Gasteiger partial charge >= 0.3 is 12.0 Å². The van der Waals surface area contributed by atoms with E-state index < -0.39 is 18.0 Å². The van der Waals surface area contributed by atoms with Crippen molar-refractivity contribution in [1.82, 2.24) is 10.2 Å². The summed E-state index contributed by atoms with van der Waals surface area (Å²) in [7, 11) is 1.59. The van der Waals surface area contributed by atoms with Crippen LogP contribution in [0.5, 0.6) is 0 Å². The highest BCUT2D eigenvalue weighted by molar-refractivity contribution is 7.07. The maximum Gasteiger partial charge on any atom is 0.326 e. The average Bonchev–Trinajstić information content (AvgIpc) is 2.80. The van der Waals surface area contributed by atoms with E-state index in [1.807, 2.05) is 16.8 Å². The first-order chi connectivity index (χ1) is 8.54. The number of thiophene rings is 1. The van der Waals surface area contributed by atoms with Crippen LogP contribution >= 0.6 is 11.3 Å². The number of nitrogens with zero attached hydrogens (tertiary/aromatic N) is 1. The molecule has 1 rings (SSSR count). The minimum absolute atomic E-state index is 0.00658. The van der Waals surface area contributed by atoms with E-state index in [1.165, 1.54) is 16.2 Å². The zero-order valence-corrected chi connectivity index (χ0v) is 10.8. The topological polar surface area (TPSA) is 89.9 Å². The third-order valence-corrected chi connectivity index (χ3v) is 3.09. The Kier molecular flexibility index (Phi) is 5.60. The number of rotatable bonds is 6. The number of aliphatic carboxylic acids is 1. The predicted molar refractivity (Wildman–Crippen MR) is 67.4 cm³/mol. The van der Waals surface area contributed by atoms with E-state index in [0.717, 1.165) is 5.56 Å². The summed E-state index contributed by atoms with van der Waals surface area (Å²) in [5.41, 5.74) is 0.992. The van der Waals surface area contributed by atoms with Crippen molar-refractivity contribution in [3.05, 3.63) is 22.4 Å². The molecule has 0 fully saturated rings. The summed E-state index contributed by atoms with van der Waals surface area (Å²) in [5.74, 6) is -1.15. The number of urea groups is 1. The van der Waals surface area contributed by atoms with Crippen molar-refractivity contribution < 1.29 is 19.8 Å². The summed E-state index contributed by atoms with van der Waals surface area (Å²) in [4.78, 5) is 24.0. The molecule has 100 valence electrons. The van der Waals surface area contributed by atoms with Crippen LogP contribution in [0, 0.1) is 0 Å². The normalized spacial score (nSPS) is 11.9. The van der Waals surface area contributed by atoms with E-state index in [0.29, 0.717) is 6.54 Å². The molecule has 6 nitrogen and oxygen atoms in total. The van der Waals surface area contributed by atoms with Gasteiger partial charge in [-0.05, 0) is 22.4 Å². The molecular weight excluding hydrogens is 256 g/mol. The summed E-state index contributed by atoms with van der Waals surface area (Å²) >= 11 is 1.53. The second-order valence-corrected chi connectivity index (χ2v) is 4.62. The predicted octanol–water partition coefficient (Wildman–Crippen LogP) is 0.725. The molecule has 0 unspecified atom stereocenters. The van der Waals surface area contributed by atoms with Crippen LogP contribution in [0.3, 0.4) is 0 Å². The van der Waals surface area contributed by atoms with Crippen molar-refractivity contribution in [2.75, 3.05) is 13.7 Å². The van der Waals surface area contributed by atoms with Gasteiger partial charge in [0.2, 0.25) is 0 Å². The highest BCUT2D eigenvalue weighted by Crippen LogP contribution is 2.08. The maximum atomic E-state index is 11.7. The number of aliphatic hydroxyl groups excluding tert-OH is 1. The van der Waals surface area contributed by atoms with Crippen molar-refractivity contribution in [2.24, 2.45) is 0 Å². The molecule has 0 bridgehead atoms. The summed E-state index contributed by atoms with van der Waals surface area (Å²) in [6, 6.07) is 0.367. The zero-order chi connectivity index (χ0) is 13.5. The van der Waals surface area contributed by atoms with Gasteiger partial charge in [0.1, 0.15) is 6.04 Å². The highest BCUT2D eigenvalue weighted by Gasteiger charge is 2.21. The summed E-state index contributed by atoms with van der Waals surface area (Å²) in [6.07, 6.45) is -0.00658. The van der Waals surface area contributed by atoms with Crippen molar-refractivity contribution >= 4 is 23.3 Å². The Labute approximate surface area is 109 Å². The van der Waals surface area contributed by atoms with Crippen LogP contribution in [0.25, 0.3) is 0 Å². The van der Waals surface area contributed by atoms with Crippen LogP contribution in [0.1, 0.15) is 12.0 Å². The molecule has 1 aromatic rings. The number of amides is 2. The molecule has 0 aliphatic rings. The number of carbonyl (C=O) groups is 2. The van der Waals surface area contributed by atoms with Crippen LogP contribution in [0.2, 0.25) is 0 Å². The minimum atomic E-state index is -1.15. The van der Waals surface area contributed by atoms with Gasteiger partial charge in [-0.25, -0.2) is 9.59 Å².